The maximum Gasteiger partial charge on any atom is 0.408 e. The highest BCUT2D eigenvalue weighted by molar-refractivity contribution is 5.94. The molecule has 48 heavy (non-hydrogen) atoms. The maximum absolute atomic E-state index is 14.9. The Morgan fingerprint density at radius 2 is 1.38 bits per heavy atom. The average molecular weight is 666 g/mol. The molecule has 0 radical (unpaired) electrons. The van der Waals surface area contributed by atoms with Crippen molar-refractivity contribution in [3.05, 3.63) is 70.8 Å². The summed E-state index contributed by atoms with van der Waals surface area (Å²) in [6.07, 6.45) is 0.579. The molecule has 0 spiro atoms. The highest BCUT2D eigenvalue weighted by Gasteiger charge is 2.45. The van der Waals surface area contributed by atoms with Crippen LogP contribution in [0.3, 0.4) is 0 Å². The lowest BCUT2D eigenvalue weighted by Crippen LogP contribution is -2.61. The number of benzene rings is 2. The molecule has 0 aliphatic heterocycles. The van der Waals surface area contributed by atoms with Gasteiger partial charge >= 0.3 is 12.1 Å². The van der Waals surface area contributed by atoms with Crippen LogP contribution in [0.5, 0.6) is 0 Å². The Morgan fingerprint density at radius 1 is 0.792 bits per heavy atom. The molecule has 0 heterocycles. The fourth-order valence-electron chi connectivity index (χ4n) is 5.35. The van der Waals surface area contributed by atoms with Gasteiger partial charge in [0.1, 0.15) is 29.3 Å². The van der Waals surface area contributed by atoms with E-state index in [-0.39, 0.29) is 12.3 Å². The number of aryl methyl sites for hydroxylation is 1. The third-order valence-corrected chi connectivity index (χ3v) is 8.64. The van der Waals surface area contributed by atoms with Crippen molar-refractivity contribution in [2.45, 2.75) is 144 Å². The average Bonchev–Trinajstić information content (AvgIpc) is 2.97. The first-order chi connectivity index (χ1) is 22.1. The molecule has 0 aromatic heterocycles. The van der Waals surface area contributed by atoms with E-state index < -0.39 is 58.7 Å². The number of nitrogens with one attached hydrogen (secondary N) is 2. The molecule has 2 aromatic carbocycles. The number of esters is 1. The molecule has 0 bridgehead atoms. The number of carbonyl (C=O) groups excluding carboxylic acids is 4. The number of hydrogen-bond donors (Lipinski definition) is 2. The van der Waals surface area contributed by atoms with Gasteiger partial charge in [-0.2, -0.15) is 0 Å². The van der Waals surface area contributed by atoms with E-state index in [9.17, 15) is 19.2 Å². The summed E-state index contributed by atoms with van der Waals surface area (Å²) in [7, 11) is 0. The summed E-state index contributed by atoms with van der Waals surface area (Å²) in [5.41, 5.74) is 0.864. The minimum absolute atomic E-state index is 0.196. The fourth-order valence-corrected chi connectivity index (χ4v) is 5.35. The van der Waals surface area contributed by atoms with Gasteiger partial charge in [0.2, 0.25) is 11.8 Å². The number of ether oxygens (including phenoxy) is 2. The van der Waals surface area contributed by atoms with Gasteiger partial charge in [0.15, 0.2) is 0 Å². The Kier molecular flexibility index (Phi) is 13.8. The van der Waals surface area contributed by atoms with Crippen molar-refractivity contribution >= 4 is 23.9 Å². The lowest BCUT2D eigenvalue weighted by Gasteiger charge is -2.46. The van der Waals surface area contributed by atoms with Crippen LogP contribution in [0.15, 0.2) is 48.5 Å². The molecule has 4 atom stereocenters. The Morgan fingerprint density at radius 3 is 1.90 bits per heavy atom. The molecule has 0 aliphatic carbocycles. The second-order valence-electron chi connectivity index (χ2n) is 15.4. The van der Waals surface area contributed by atoms with E-state index in [0.29, 0.717) is 18.4 Å². The summed E-state index contributed by atoms with van der Waals surface area (Å²) >= 11 is 0. The van der Waals surface area contributed by atoms with E-state index in [4.69, 9.17) is 9.47 Å². The molecule has 0 saturated heterocycles. The van der Waals surface area contributed by atoms with Crippen LogP contribution in [0.25, 0.3) is 0 Å². The number of rotatable bonds is 13. The molecule has 0 fully saturated rings. The zero-order valence-electron chi connectivity index (χ0n) is 31.4. The lowest BCUT2D eigenvalue weighted by molar-refractivity contribution is -0.159. The molecule has 2 N–H and O–H groups in total. The molecule has 0 aliphatic rings. The maximum atomic E-state index is 14.9. The third-order valence-electron chi connectivity index (χ3n) is 8.64. The quantitative estimate of drug-likeness (QED) is 0.216. The predicted octanol–water partition coefficient (Wildman–Crippen LogP) is 7.37. The van der Waals surface area contributed by atoms with Gasteiger partial charge in [-0.05, 0) is 104 Å². The molecule has 2 aromatic rings. The Labute approximate surface area is 288 Å². The van der Waals surface area contributed by atoms with Crippen molar-refractivity contribution in [2.24, 2.45) is 5.92 Å². The van der Waals surface area contributed by atoms with Crippen molar-refractivity contribution in [1.29, 1.82) is 0 Å². The van der Waals surface area contributed by atoms with Crippen molar-refractivity contribution in [3.63, 3.8) is 0 Å². The van der Waals surface area contributed by atoms with Crippen molar-refractivity contribution in [2.75, 3.05) is 0 Å². The monoisotopic (exact) mass is 665 g/mol. The summed E-state index contributed by atoms with van der Waals surface area (Å²) in [6.45, 7) is 24.1. The van der Waals surface area contributed by atoms with Crippen LogP contribution in [-0.4, -0.2) is 57.6 Å². The predicted molar refractivity (Wildman–Crippen MR) is 190 cm³/mol. The van der Waals surface area contributed by atoms with Gasteiger partial charge in [-0.15, -0.1) is 0 Å². The van der Waals surface area contributed by atoms with Crippen LogP contribution in [0.2, 0.25) is 0 Å². The normalized spacial score (nSPS) is 14.6. The third kappa shape index (κ3) is 11.4. The van der Waals surface area contributed by atoms with Gasteiger partial charge in [-0.3, -0.25) is 9.59 Å². The molecule has 3 amide bonds. The standard InChI is InChI=1S/C39H59N3O6/c1-14-25(3)31(41-36(46)48-38(9,10)11)34(44)42(39(12,13)15-2)32(29-23-19-20-26(4)27(29)5)33(43)40-30(35(45)47-37(6,7)8)24-28-21-17-16-18-22-28/h16-23,25,30-32H,14-15,24H2,1-13H3,(H,40,43)(H,41,46). The van der Waals surface area contributed by atoms with Crippen LogP contribution in [0.1, 0.15) is 117 Å². The molecule has 4 unspecified atom stereocenters. The highest BCUT2D eigenvalue weighted by atomic mass is 16.6. The smallest absolute Gasteiger partial charge is 0.408 e. The van der Waals surface area contributed by atoms with E-state index in [1.807, 2.05) is 97.0 Å². The van der Waals surface area contributed by atoms with Crippen LogP contribution < -0.4 is 10.6 Å². The molecular formula is C39H59N3O6. The summed E-state index contributed by atoms with van der Waals surface area (Å²) in [5.74, 6) is -1.79. The first-order valence-corrected chi connectivity index (χ1v) is 17.1. The molecule has 2 rings (SSSR count). The highest BCUT2D eigenvalue weighted by Crippen LogP contribution is 2.35. The second-order valence-corrected chi connectivity index (χ2v) is 15.4. The zero-order chi connectivity index (χ0) is 36.6. The van der Waals surface area contributed by atoms with E-state index >= 15 is 0 Å². The van der Waals surface area contributed by atoms with Gasteiger partial charge in [0, 0.05) is 12.0 Å². The summed E-state index contributed by atoms with van der Waals surface area (Å²) in [4.78, 5) is 58.1. The van der Waals surface area contributed by atoms with Gasteiger partial charge in [-0.25, -0.2) is 9.59 Å². The van der Waals surface area contributed by atoms with E-state index in [0.717, 1.165) is 16.7 Å². The van der Waals surface area contributed by atoms with E-state index in [1.165, 1.54) is 0 Å². The van der Waals surface area contributed by atoms with Crippen LogP contribution in [-0.2, 0) is 30.3 Å². The van der Waals surface area contributed by atoms with Gasteiger partial charge < -0.3 is 25.0 Å². The molecule has 0 saturated carbocycles. The summed E-state index contributed by atoms with van der Waals surface area (Å²) in [6, 6.07) is 11.9. The summed E-state index contributed by atoms with van der Waals surface area (Å²) in [5, 5.41) is 5.83. The van der Waals surface area contributed by atoms with Gasteiger partial charge in [-0.1, -0.05) is 75.7 Å². The van der Waals surface area contributed by atoms with E-state index in [1.54, 1.807) is 46.4 Å². The lowest BCUT2D eigenvalue weighted by atomic mass is 9.87. The number of nitrogens with zero attached hydrogens (tertiary/aromatic N) is 1. The van der Waals surface area contributed by atoms with Crippen LogP contribution in [0, 0.1) is 19.8 Å². The van der Waals surface area contributed by atoms with E-state index in [2.05, 4.69) is 10.6 Å². The van der Waals surface area contributed by atoms with Crippen molar-refractivity contribution < 1.29 is 28.7 Å². The van der Waals surface area contributed by atoms with Gasteiger partial charge in [0.25, 0.3) is 0 Å². The van der Waals surface area contributed by atoms with Crippen LogP contribution >= 0.6 is 0 Å². The zero-order valence-corrected chi connectivity index (χ0v) is 31.4. The Bertz CT molecular complexity index is 1410. The molecule has 9 heteroatoms. The first kappa shape index (κ1) is 40.3. The first-order valence-electron chi connectivity index (χ1n) is 17.1. The largest absolute Gasteiger partial charge is 0.458 e. The summed E-state index contributed by atoms with van der Waals surface area (Å²) < 4.78 is 11.3. The number of carbonyl (C=O) groups is 4. The number of hydrogen-bond acceptors (Lipinski definition) is 6. The second kappa shape index (κ2) is 16.5. The number of alkyl carbamates (subject to hydrolysis) is 1. The van der Waals surface area contributed by atoms with Crippen molar-refractivity contribution in [3.8, 4) is 0 Å². The Hall–Kier alpha value is -3.88. The fraction of sp³-hybridized carbons (Fsp3) is 0.590. The van der Waals surface area contributed by atoms with Crippen molar-refractivity contribution in [1.82, 2.24) is 15.5 Å². The Balaban J connectivity index is 2.78. The topological polar surface area (TPSA) is 114 Å². The SMILES string of the molecule is CCC(C)C(NC(=O)OC(C)(C)C)C(=O)N(C(C(=O)NC(Cc1ccccc1)C(=O)OC(C)(C)C)c1cccc(C)c1C)C(C)(C)CC. The molecule has 9 nitrogen and oxygen atoms in total. The van der Waals surface area contributed by atoms with Crippen LogP contribution in [0.4, 0.5) is 4.79 Å². The molecule has 266 valence electrons. The number of amides is 3. The minimum atomic E-state index is -1.14. The molecular weight excluding hydrogens is 606 g/mol. The van der Waals surface area contributed by atoms with Gasteiger partial charge in [0.05, 0.1) is 0 Å². The minimum Gasteiger partial charge on any atom is -0.458 e.